The van der Waals surface area contributed by atoms with Crippen LogP contribution in [0, 0.1) is 6.92 Å². The van der Waals surface area contributed by atoms with Crippen LogP contribution >= 0.6 is 11.3 Å². The number of nitrogens with one attached hydrogen (secondary N) is 1. The number of thiazole rings is 1. The van der Waals surface area contributed by atoms with Gasteiger partial charge in [-0.05, 0) is 19.5 Å². The second-order valence-electron chi connectivity index (χ2n) is 3.53. The van der Waals surface area contributed by atoms with Crippen LogP contribution in [0.2, 0.25) is 0 Å². The first kappa shape index (κ1) is 10.3. The summed E-state index contributed by atoms with van der Waals surface area (Å²) < 4.78 is 0. The average molecular weight is 218 g/mol. The quantitative estimate of drug-likeness (QED) is 0.857. The molecule has 0 spiro atoms. The van der Waals surface area contributed by atoms with Crippen LogP contribution in [0.15, 0.2) is 29.8 Å². The van der Waals surface area contributed by atoms with Gasteiger partial charge in [0.1, 0.15) is 0 Å². The van der Waals surface area contributed by atoms with Crippen LogP contribution in [-0.4, -0.2) is 12.0 Å². The van der Waals surface area contributed by atoms with E-state index in [1.165, 1.54) is 16.0 Å². The molecule has 1 N–H and O–H groups in total. The van der Waals surface area contributed by atoms with Crippen LogP contribution in [0.5, 0.6) is 0 Å². The van der Waals surface area contributed by atoms with E-state index >= 15 is 0 Å². The molecule has 2 nitrogen and oxygen atoms in total. The van der Waals surface area contributed by atoms with Crippen molar-refractivity contribution < 1.29 is 0 Å². The Bertz CT molecular complexity index is 448. The number of aryl methyl sites for hydroxylation is 1. The Morgan fingerprint density at radius 3 is 3.00 bits per heavy atom. The second kappa shape index (κ2) is 4.55. The lowest BCUT2D eigenvalue weighted by molar-refractivity contribution is 0.799. The van der Waals surface area contributed by atoms with Crippen molar-refractivity contribution in [3.63, 3.8) is 0 Å². The monoisotopic (exact) mass is 218 g/mol. The third-order valence-corrected chi connectivity index (χ3v) is 3.18. The summed E-state index contributed by atoms with van der Waals surface area (Å²) in [7, 11) is 1.94. The van der Waals surface area contributed by atoms with Gasteiger partial charge in [0.2, 0.25) is 0 Å². The number of benzene rings is 1. The summed E-state index contributed by atoms with van der Waals surface area (Å²) in [6.45, 7) is 2.94. The topological polar surface area (TPSA) is 24.9 Å². The molecule has 0 atom stereocenters. The molecule has 0 radical (unpaired) electrons. The van der Waals surface area contributed by atoms with E-state index in [-0.39, 0.29) is 0 Å². The Labute approximate surface area is 94.0 Å². The highest BCUT2D eigenvalue weighted by molar-refractivity contribution is 7.13. The summed E-state index contributed by atoms with van der Waals surface area (Å²) in [6, 6.07) is 8.54. The van der Waals surface area contributed by atoms with Gasteiger partial charge in [0.25, 0.3) is 0 Å². The molecule has 0 amide bonds. The zero-order valence-corrected chi connectivity index (χ0v) is 9.77. The molecule has 0 bridgehead atoms. The van der Waals surface area contributed by atoms with Crippen LogP contribution in [-0.2, 0) is 6.54 Å². The van der Waals surface area contributed by atoms with Gasteiger partial charge < -0.3 is 5.32 Å². The van der Waals surface area contributed by atoms with Crippen LogP contribution < -0.4 is 5.32 Å². The standard InChI is InChI=1S/C12H14N2S/c1-9-4-3-5-10(6-9)12-11(7-13-2)14-8-15-12/h3-6,8,13H,7H2,1-2H3. The van der Waals surface area contributed by atoms with Crippen LogP contribution in [0.3, 0.4) is 0 Å². The van der Waals surface area contributed by atoms with E-state index in [0.29, 0.717) is 0 Å². The molecule has 0 aliphatic rings. The minimum atomic E-state index is 0.826. The van der Waals surface area contributed by atoms with Crippen LogP contribution in [0.4, 0.5) is 0 Å². The molecule has 78 valence electrons. The molecule has 0 saturated carbocycles. The van der Waals surface area contributed by atoms with Crippen molar-refractivity contribution in [3.05, 3.63) is 41.0 Å². The van der Waals surface area contributed by atoms with Gasteiger partial charge in [0.15, 0.2) is 0 Å². The lowest BCUT2D eigenvalue weighted by atomic mass is 10.1. The Balaban J connectivity index is 2.40. The first-order chi connectivity index (χ1) is 7.31. The second-order valence-corrected chi connectivity index (χ2v) is 4.38. The highest BCUT2D eigenvalue weighted by Gasteiger charge is 2.07. The molecule has 1 heterocycles. The van der Waals surface area contributed by atoms with Gasteiger partial charge in [0, 0.05) is 6.54 Å². The van der Waals surface area contributed by atoms with E-state index < -0.39 is 0 Å². The van der Waals surface area contributed by atoms with Crippen molar-refractivity contribution in [2.75, 3.05) is 7.05 Å². The first-order valence-corrected chi connectivity index (χ1v) is 5.83. The van der Waals surface area contributed by atoms with Crippen molar-refractivity contribution in [1.29, 1.82) is 0 Å². The maximum Gasteiger partial charge on any atom is 0.0802 e. The molecule has 2 aromatic rings. The first-order valence-electron chi connectivity index (χ1n) is 4.95. The minimum absolute atomic E-state index is 0.826. The summed E-state index contributed by atoms with van der Waals surface area (Å²) in [6.07, 6.45) is 0. The fraction of sp³-hybridized carbons (Fsp3) is 0.250. The predicted molar refractivity (Wildman–Crippen MR) is 65.1 cm³/mol. The molecule has 2 rings (SSSR count). The fourth-order valence-corrected chi connectivity index (χ4v) is 2.39. The third-order valence-electron chi connectivity index (χ3n) is 2.27. The molecule has 3 heteroatoms. The molecule has 0 unspecified atom stereocenters. The number of hydrogen-bond donors (Lipinski definition) is 1. The number of nitrogens with zero attached hydrogens (tertiary/aromatic N) is 1. The predicted octanol–water partition coefficient (Wildman–Crippen LogP) is 2.84. The van der Waals surface area contributed by atoms with Gasteiger partial charge in [-0.15, -0.1) is 11.3 Å². The van der Waals surface area contributed by atoms with Gasteiger partial charge in [-0.1, -0.05) is 29.8 Å². The van der Waals surface area contributed by atoms with Crippen molar-refractivity contribution in [2.45, 2.75) is 13.5 Å². The molecular formula is C12H14N2S. The van der Waals surface area contributed by atoms with Gasteiger partial charge in [0.05, 0.1) is 16.1 Å². The van der Waals surface area contributed by atoms with E-state index in [2.05, 4.69) is 41.5 Å². The van der Waals surface area contributed by atoms with Crippen molar-refractivity contribution in [1.82, 2.24) is 10.3 Å². The molecule has 0 aliphatic heterocycles. The smallest absolute Gasteiger partial charge is 0.0802 e. The van der Waals surface area contributed by atoms with E-state index in [0.717, 1.165) is 12.2 Å². The SMILES string of the molecule is CNCc1ncsc1-c1cccc(C)c1. The Hall–Kier alpha value is -1.19. The van der Waals surface area contributed by atoms with Gasteiger partial charge in [-0.2, -0.15) is 0 Å². The summed E-state index contributed by atoms with van der Waals surface area (Å²) in [5, 5.41) is 3.14. The fourth-order valence-electron chi connectivity index (χ4n) is 1.58. The number of hydrogen-bond acceptors (Lipinski definition) is 3. The normalized spacial score (nSPS) is 10.5. The van der Waals surface area contributed by atoms with E-state index in [9.17, 15) is 0 Å². The molecule has 1 aromatic carbocycles. The van der Waals surface area contributed by atoms with Crippen molar-refractivity contribution in [2.24, 2.45) is 0 Å². The maximum absolute atomic E-state index is 4.37. The highest BCUT2D eigenvalue weighted by Crippen LogP contribution is 2.27. The zero-order chi connectivity index (χ0) is 10.7. The third kappa shape index (κ3) is 2.25. The van der Waals surface area contributed by atoms with E-state index in [1.807, 2.05) is 12.6 Å². The summed E-state index contributed by atoms with van der Waals surface area (Å²) >= 11 is 1.70. The molecule has 0 aliphatic carbocycles. The van der Waals surface area contributed by atoms with Crippen molar-refractivity contribution in [3.8, 4) is 10.4 Å². The summed E-state index contributed by atoms with van der Waals surface area (Å²) in [5.74, 6) is 0. The van der Waals surface area contributed by atoms with E-state index in [1.54, 1.807) is 11.3 Å². The number of aromatic nitrogens is 1. The minimum Gasteiger partial charge on any atom is -0.314 e. The lowest BCUT2D eigenvalue weighted by Crippen LogP contribution is -2.06. The summed E-state index contributed by atoms with van der Waals surface area (Å²) in [5.41, 5.74) is 5.59. The van der Waals surface area contributed by atoms with Gasteiger partial charge in [-0.3, -0.25) is 0 Å². The van der Waals surface area contributed by atoms with Gasteiger partial charge >= 0.3 is 0 Å². The molecular weight excluding hydrogens is 204 g/mol. The molecule has 0 saturated heterocycles. The molecule has 0 fully saturated rings. The summed E-state index contributed by atoms with van der Waals surface area (Å²) in [4.78, 5) is 5.64. The largest absolute Gasteiger partial charge is 0.314 e. The molecule has 15 heavy (non-hydrogen) atoms. The lowest BCUT2D eigenvalue weighted by Gasteiger charge is -2.02. The van der Waals surface area contributed by atoms with E-state index in [4.69, 9.17) is 0 Å². The number of rotatable bonds is 3. The Morgan fingerprint density at radius 1 is 1.40 bits per heavy atom. The highest BCUT2D eigenvalue weighted by atomic mass is 32.1. The Kier molecular flexibility index (Phi) is 3.14. The maximum atomic E-state index is 4.37. The Morgan fingerprint density at radius 2 is 2.27 bits per heavy atom. The molecule has 1 aromatic heterocycles. The zero-order valence-electron chi connectivity index (χ0n) is 8.95. The average Bonchev–Trinajstić information content (AvgIpc) is 2.66. The van der Waals surface area contributed by atoms with Crippen LogP contribution in [0.1, 0.15) is 11.3 Å². The van der Waals surface area contributed by atoms with Crippen molar-refractivity contribution >= 4 is 11.3 Å². The van der Waals surface area contributed by atoms with Gasteiger partial charge in [-0.25, -0.2) is 4.98 Å². The van der Waals surface area contributed by atoms with Crippen LogP contribution in [0.25, 0.3) is 10.4 Å².